The molecule has 130 valence electrons. The van der Waals surface area contributed by atoms with Gasteiger partial charge in [0.1, 0.15) is 0 Å². The van der Waals surface area contributed by atoms with E-state index in [1.54, 1.807) is 19.1 Å². The van der Waals surface area contributed by atoms with Crippen molar-refractivity contribution in [2.75, 3.05) is 4.90 Å². The van der Waals surface area contributed by atoms with Gasteiger partial charge >= 0.3 is 0 Å². The number of amidine groups is 1. The second-order valence-electron chi connectivity index (χ2n) is 5.95. The summed E-state index contributed by atoms with van der Waals surface area (Å²) in [6.07, 6.45) is 0. The van der Waals surface area contributed by atoms with E-state index in [0.717, 1.165) is 15.8 Å². The lowest BCUT2D eigenvalue weighted by Crippen LogP contribution is -2.38. The summed E-state index contributed by atoms with van der Waals surface area (Å²) < 4.78 is 0. The fourth-order valence-corrected chi connectivity index (χ4v) is 4.39. The Hall–Kier alpha value is -3.13. The van der Waals surface area contributed by atoms with E-state index in [1.165, 1.54) is 23.9 Å². The number of nitrogens with zero attached hydrogens (tertiary/aromatic N) is 3. The van der Waals surface area contributed by atoms with E-state index in [9.17, 15) is 14.9 Å². The van der Waals surface area contributed by atoms with Crippen molar-refractivity contribution in [3.8, 4) is 0 Å². The van der Waals surface area contributed by atoms with E-state index in [1.807, 2.05) is 29.2 Å². The van der Waals surface area contributed by atoms with E-state index >= 15 is 0 Å². The van der Waals surface area contributed by atoms with E-state index < -0.39 is 16.9 Å². The summed E-state index contributed by atoms with van der Waals surface area (Å²) in [7, 11) is 0. The third-order valence-corrected chi connectivity index (χ3v) is 5.41. The molecule has 1 atom stereocenters. The normalized spacial score (nSPS) is 18.3. The zero-order valence-corrected chi connectivity index (χ0v) is 14.6. The summed E-state index contributed by atoms with van der Waals surface area (Å²) in [5.41, 5.74) is 8.01. The highest BCUT2D eigenvalue weighted by atomic mass is 32.2. The number of nitrogens with two attached hydrogens (primary N) is 1. The van der Waals surface area contributed by atoms with Gasteiger partial charge in [0, 0.05) is 17.0 Å². The van der Waals surface area contributed by atoms with Crippen LogP contribution in [0.2, 0.25) is 0 Å². The topological polar surface area (TPSA) is 102 Å². The van der Waals surface area contributed by atoms with Gasteiger partial charge in [-0.1, -0.05) is 24.3 Å². The molecule has 2 aliphatic rings. The van der Waals surface area contributed by atoms with Crippen LogP contribution in [0, 0.1) is 10.1 Å². The van der Waals surface area contributed by atoms with Crippen molar-refractivity contribution in [1.29, 1.82) is 0 Å². The van der Waals surface area contributed by atoms with Gasteiger partial charge in [-0.25, -0.2) is 4.99 Å². The van der Waals surface area contributed by atoms with Crippen LogP contribution in [0.3, 0.4) is 0 Å². The molecule has 2 aromatic rings. The second-order valence-corrected chi connectivity index (χ2v) is 6.96. The Morgan fingerprint density at radius 1 is 1.27 bits per heavy atom. The highest BCUT2D eigenvalue weighted by Crippen LogP contribution is 2.49. The first-order valence-corrected chi connectivity index (χ1v) is 8.68. The molecule has 2 aliphatic heterocycles. The quantitative estimate of drug-likeness (QED) is 0.663. The predicted octanol–water partition coefficient (Wildman–Crippen LogP) is 3.38. The standard InChI is InChI=1S/C18H14N4O3S/c1-10-15(17(19)23)16(11-5-4-6-12(9-11)22(24)25)21-13-7-2-3-8-14(13)26-18(21)20-10/h2-9,16H,1H3,(H2,19,23). The van der Waals surface area contributed by atoms with E-state index in [-0.39, 0.29) is 5.69 Å². The molecule has 0 saturated heterocycles. The molecule has 2 N–H and O–H groups in total. The van der Waals surface area contributed by atoms with Crippen LogP contribution in [0.15, 0.2) is 69.7 Å². The van der Waals surface area contributed by atoms with Crippen LogP contribution >= 0.6 is 11.8 Å². The predicted molar refractivity (Wildman–Crippen MR) is 99.9 cm³/mol. The lowest BCUT2D eigenvalue weighted by Gasteiger charge is -2.34. The Morgan fingerprint density at radius 2 is 2.04 bits per heavy atom. The molecule has 7 nitrogen and oxygen atoms in total. The SMILES string of the molecule is CC1=C(C(N)=O)C(c2cccc([N+](=O)[O-])c2)N2C(=N1)Sc1ccccc12. The average Bonchev–Trinajstić information content (AvgIpc) is 2.98. The maximum atomic E-state index is 12.2. The van der Waals surface area contributed by atoms with Crippen LogP contribution in [0.1, 0.15) is 18.5 Å². The number of carbonyl (C=O) groups is 1. The Balaban J connectivity index is 1.94. The van der Waals surface area contributed by atoms with E-state index in [0.29, 0.717) is 16.8 Å². The summed E-state index contributed by atoms with van der Waals surface area (Å²) >= 11 is 1.50. The zero-order chi connectivity index (χ0) is 18.4. The summed E-state index contributed by atoms with van der Waals surface area (Å²) in [4.78, 5) is 30.4. The van der Waals surface area contributed by atoms with Gasteiger partial charge in [0.15, 0.2) is 5.17 Å². The molecule has 4 rings (SSSR count). The zero-order valence-electron chi connectivity index (χ0n) is 13.7. The number of rotatable bonds is 3. The molecule has 8 heteroatoms. The van der Waals surface area contributed by atoms with Gasteiger partial charge in [-0.15, -0.1) is 0 Å². The van der Waals surface area contributed by atoms with Crippen LogP contribution in [0.25, 0.3) is 0 Å². The van der Waals surface area contributed by atoms with Crippen molar-refractivity contribution < 1.29 is 9.72 Å². The number of thioether (sulfide) groups is 1. The number of benzene rings is 2. The van der Waals surface area contributed by atoms with Crippen molar-refractivity contribution in [3.63, 3.8) is 0 Å². The van der Waals surface area contributed by atoms with Crippen LogP contribution < -0.4 is 10.6 Å². The first-order valence-electron chi connectivity index (χ1n) is 7.87. The van der Waals surface area contributed by atoms with Gasteiger partial charge < -0.3 is 10.6 Å². The molecule has 0 aromatic heterocycles. The third-order valence-electron chi connectivity index (χ3n) is 4.38. The smallest absolute Gasteiger partial charge is 0.269 e. The highest BCUT2D eigenvalue weighted by Gasteiger charge is 2.40. The van der Waals surface area contributed by atoms with Crippen molar-refractivity contribution in [2.45, 2.75) is 17.9 Å². The van der Waals surface area contributed by atoms with Crippen molar-refractivity contribution in [2.24, 2.45) is 10.7 Å². The summed E-state index contributed by atoms with van der Waals surface area (Å²) in [6.45, 7) is 1.73. The molecule has 2 aromatic carbocycles. The highest BCUT2D eigenvalue weighted by molar-refractivity contribution is 8.14. The minimum absolute atomic E-state index is 0.0341. The van der Waals surface area contributed by atoms with Crippen LogP contribution in [0.5, 0.6) is 0 Å². The Bertz CT molecular complexity index is 1020. The van der Waals surface area contributed by atoms with E-state index in [2.05, 4.69) is 4.99 Å². The molecule has 1 amide bonds. The molecule has 0 aliphatic carbocycles. The largest absolute Gasteiger partial charge is 0.366 e. The first kappa shape index (κ1) is 16.3. The fraction of sp³-hybridized carbons (Fsp3) is 0.111. The van der Waals surface area contributed by atoms with Crippen LogP contribution in [-0.4, -0.2) is 16.0 Å². The number of primary amides is 1. The molecule has 0 saturated carbocycles. The molecule has 0 fully saturated rings. The third kappa shape index (κ3) is 2.46. The number of anilines is 1. The summed E-state index contributed by atoms with van der Waals surface area (Å²) in [6, 6.07) is 13.5. The Kier molecular flexibility index (Phi) is 3.77. The molecule has 0 radical (unpaired) electrons. The Labute approximate surface area is 153 Å². The van der Waals surface area contributed by atoms with E-state index in [4.69, 9.17) is 5.73 Å². The number of fused-ring (bicyclic) bond motifs is 3. The number of aliphatic imine (C=N–C) groups is 1. The number of nitro benzene ring substituents is 1. The number of para-hydroxylation sites is 1. The number of hydrogen-bond acceptors (Lipinski definition) is 6. The molecule has 2 heterocycles. The van der Waals surface area contributed by atoms with Crippen LogP contribution in [0.4, 0.5) is 11.4 Å². The maximum Gasteiger partial charge on any atom is 0.269 e. The van der Waals surface area contributed by atoms with Gasteiger partial charge in [-0.3, -0.25) is 14.9 Å². The molecular weight excluding hydrogens is 352 g/mol. The van der Waals surface area contributed by atoms with Gasteiger partial charge in [-0.2, -0.15) is 0 Å². The number of allylic oxidation sites excluding steroid dienone is 1. The minimum Gasteiger partial charge on any atom is -0.366 e. The van der Waals surface area contributed by atoms with Crippen LogP contribution in [-0.2, 0) is 4.79 Å². The lowest BCUT2D eigenvalue weighted by atomic mass is 9.93. The fourth-order valence-electron chi connectivity index (χ4n) is 3.29. The summed E-state index contributed by atoms with van der Waals surface area (Å²) in [5.74, 6) is -0.587. The maximum absolute atomic E-state index is 12.2. The second kappa shape index (κ2) is 5.99. The van der Waals surface area contributed by atoms with Gasteiger partial charge in [0.05, 0.1) is 27.9 Å². The van der Waals surface area contributed by atoms with Gasteiger partial charge in [0.2, 0.25) is 5.91 Å². The molecule has 0 bridgehead atoms. The van der Waals surface area contributed by atoms with Gasteiger partial charge in [0.25, 0.3) is 5.69 Å². The lowest BCUT2D eigenvalue weighted by molar-refractivity contribution is -0.384. The van der Waals surface area contributed by atoms with Crippen molar-refractivity contribution in [3.05, 3.63) is 75.5 Å². The number of non-ortho nitro benzene ring substituents is 1. The molecular formula is C18H14N4O3S. The molecule has 0 spiro atoms. The summed E-state index contributed by atoms with van der Waals surface area (Å²) in [5, 5.41) is 11.9. The van der Waals surface area contributed by atoms with Crippen molar-refractivity contribution >= 4 is 34.2 Å². The number of amides is 1. The van der Waals surface area contributed by atoms with Crippen molar-refractivity contribution in [1.82, 2.24) is 0 Å². The first-order chi connectivity index (χ1) is 12.5. The Morgan fingerprint density at radius 3 is 2.77 bits per heavy atom. The average molecular weight is 366 g/mol. The molecule has 26 heavy (non-hydrogen) atoms. The van der Waals surface area contributed by atoms with Gasteiger partial charge in [-0.05, 0) is 36.4 Å². The molecule has 1 unspecified atom stereocenters. The number of carbonyl (C=O) groups excluding carboxylic acids is 1. The number of hydrogen-bond donors (Lipinski definition) is 1. The number of nitro groups is 1. The minimum atomic E-state index is -0.587. The monoisotopic (exact) mass is 366 g/mol.